The summed E-state index contributed by atoms with van der Waals surface area (Å²) in [5.41, 5.74) is 2.50. The molecule has 2 aliphatic carbocycles. The van der Waals surface area contributed by atoms with Crippen LogP contribution in [0.25, 0.3) is 0 Å². The minimum atomic E-state index is 0.327. The van der Waals surface area contributed by atoms with Crippen LogP contribution < -0.4 is 9.47 Å². The lowest BCUT2D eigenvalue weighted by atomic mass is 9.84. The van der Waals surface area contributed by atoms with E-state index in [0.717, 1.165) is 11.5 Å². The summed E-state index contributed by atoms with van der Waals surface area (Å²) in [4.78, 5) is 13.1. The lowest BCUT2D eigenvalue weighted by Gasteiger charge is -2.20. The first-order valence-electron chi connectivity index (χ1n) is 10.5. The Morgan fingerprint density at radius 3 is 1.61 bits per heavy atom. The van der Waals surface area contributed by atoms with E-state index in [1.54, 1.807) is 14.2 Å². The second-order valence-corrected chi connectivity index (χ2v) is 8.39. The van der Waals surface area contributed by atoms with Crippen LogP contribution >= 0.6 is 0 Å². The Morgan fingerprint density at radius 1 is 0.821 bits per heavy atom. The zero-order chi connectivity index (χ0) is 19.5. The highest BCUT2D eigenvalue weighted by atomic mass is 16.5. The van der Waals surface area contributed by atoms with Gasteiger partial charge in [0.15, 0.2) is 0 Å². The van der Waals surface area contributed by atoms with Crippen molar-refractivity contribution in [2.75, 3.05) is 14.2 Å². The van der Waals surface area contributed by atoms with Gasteiger partial charge in [0.1, 0.15) is 17.3 Å². The first-order valence-corrected chi connectivity index (χ1v) is 10.5. The summed E-state index contributed by atoms with van der Waals surface area (Å²) in [5.74, 6) is 4.09. The number of rotatable bonds is 10. The molecule has 0 N–H and O–H groups in total. The van der Waals surface area contributed by atoms with E-state index in [1.807, 2.05) is 24.3 Å². The van der Waals surface area contributed by atoms with Crippen molar-refractivity contribution in [3.63, 3.8) is 0 Å². The van der Waals surface area contributed by atoms with E-state index in [-0.39, 0.29) is 0 Å². The molecular weight excluding hydrogens is 348 g/mol. The summed E-state index contributed by atoms with van der Waals surface area (Å²) in [6.45, 7) is 0. The van der Waals surface area contributed by atoms with E-state index >= 15 is 0 Å². The van der Waals surface area contributed by atoms with Crippen LogP contribution in [0.2, 0.25) is 0 Å². The van der Waals surface area contributed by atoms with Crippen LogP contribution in [0.15, 0.2) is 48.5 Å². The number of carbonyl (C=O) groups is 1. The molecular formula is C25H30O3. The van der Waals surface area contributed by atoms with Crippen LogP contribution in [0, 0.1) is 11.8 Å². The average Bonchev–Trinajstić information content (AvgIpc) is 3.63. The maximum absolute atomic E-state index is 13.1. The first-order chi connectivity index (χ1) is 13.7. The molecule has 3 nitrogen and oxygen atoms in total. The van der Waals surface area contributed by atoms with Crippen LogP contribution in [0.5, 0.6) is 11.5 Å². The second-order valence-electron chi connectivity index (χ2n) is 8.39. The molecule has 2 atom stereocenters. The highest BCUT2D eigenvalue weighted by Crippen LogP contribution is 2.48. The van der Waals surface area contributed by atoms with Gasteiger partial charge in [0.05, 0.1) is 14.2 Å². The molecule has 0 radical (unpaired) electrons. The second kappa shape index (κ2) is 8.38. The number of ketones is 1. The molecule has 0 bridgehead atoms. The zero-order valence-electron chi connectivity index (χ0n) is 16.9. The van der Waals surface area contributed by atoms with Gasteiger partial charge in [-0.1, -0.05) is 24.3 Å². The molecule has 2 aromatic carbocycles. The maximum atomic E-state index is 13.1. The molecule has 3 heteroatoms. The Bertz CT molecular complexity index is 753. The van der Waals surface area contributed by atoms with Gasteiger partial charge in [-0.05, 0) is 84.7 Å². The lowest BCUT2D eigenvalue weighted by molar-refractivity contribution is -0.120. The molecule has 2 aliphatic rings. The molecule has 0 aromatic heterocycles. The van der Waals surface area contributed by atoms with Gasteiger partial charge >= 0.3 is 0 Å². The largest absolute Gasteiger partial charge is 0.497 e. The smallest absolute Gasteiger partial charge is 0.134 e. The fourth-order valence-electron chi connectivity index (χ4n) is 4.43. The SMILES string of the molecule is COc1cccc([C@H](CC(=O)C[C@@H](c2cccc(OC)c2)C2CC2)C2CC2)c1. The Hall–Kier alpha value is -2.29. The Balaban J connectivity index is 1.47. The Morgan fingerprint density at radius 2 is 1.25 bits per heavy atom. The number of hydrogen-bond acceptors (Lipinski definition) is 3. The summed E-state index contributed by atoms with van der Waals surface area (Å²) in [7, 11) is 3.40. The highest BCUT2D eigenvalue weighted by Gasteiger charge is 2.37. The molecule has 0 unspecified atom stereocenters. The van der Waals surface area contributed by atoms with Crippen molar-refractivity contribution in [2.24, 2.45) is 11.8 Å². The predicted molar refractivity (Wildman–Crippen MR) is 111 cm³/mol. The summed E-state index contributed by atoms with van der Waals surface area (Å²) in [6.07, 6.45) is 6.22. The lowest BCUT2D eigenvalue weighted by Crippen LogP contribution is -2.14. The van der Waals surface area contributed by atoms with Gasteiger partial charge in [-0.3, -0.25) is 4.79 Å². The highest BCUT2D eigenvalue weighted by molar-refractivity contribution is 5.80. The third-order valence-corrected chi connectivity index (χ3v) is 6.32. The van der Waals surface area contributed by atoms with Crippen LogP contribution in [0.1, 0.15) is 61.5 Å². The molecule has 148 valence electrons. The normalized spacial score (nSPS) is 18.4. The summed E-state index contributed by atoms with van der Waals surface area (Å²) in [6, 6.07) is 16.5. The summed E-state index contributed by atoms with van der Waals surface area (Å²) in [5, 5.41) is 0. The number of carbonyl (C=O) groups excluding carboxylic acids is 1. The monoisotopic (exact) mass is 378 g/mol. The maximum Gasteiger partial charge on any atom is 0.134 e. The quantitative estimate of drug-likeness (QED) is 0.529. The van der Waals surface area contributed by atoms with E-state index in [2.05, 4.69) is 24.3 Å². The first kappa shape index (κ1) is 19.0. The van der Waals surface area contributed by atoms with Crippen LogP contribution in [-0.2, 0) is 4.79 Å². The fraction of sp³-hybridized carbons (Fsp3) is 0.480. The molecule has 0 amide bonds. The van der Waals surface area contributed by atoms with E-state index in [9.17, 15) is 4.79 Å². The molecule has 4 rings (SSSR count). The van der Waals surface area contributed by atoms with Gasteiger partial charge in [-0.25, -0.2) is 0 Å². The van der Waals surface area contributed by atoms with Crippen molar-refractivity contribution < 1.29 is 14.3 Å². The number of hydrogen-bond donors (Lipinski definition) is 0. The number of Topliss-reactive ketones (excluding diaryl/α,β-unsaturated/α-hetero) is 1. The van der Waals surface area contributed by atoms with Crippen molar-refractivity contribution in [2.45, 2.75) is 50.4 Å². The number of methoxy groups -OCH3 is 2. The van der Waals surface area contributed by atoms with E-state index < -0.39 is 0 Å². The van der Waals surface area contributed by atoms with Crippen molar-refractivity contribution in [1.82, 2.24) is 0 Å². The number of benzene rings is 2. The fourth-order valence-corrected chi connectivity index (χ4v) is 4.43. The van der Waals surface area contributed by atoms with E-state index in [4.69, 9.17) is 9.47 Å². The zero-order valence-corrected chi connectivity index (χ0v) is 16.9. The van der Waals surface area contributed by atoms with Gasteiger partial charge in [-0.2, -0.15) is 0 Å². The van der Waals surface area contributed by atoms with Crippen molar-refractivity contribution in [3.8, 4) is 11.5 Å². The standard InChI is InChI=1S/C25H30O3/c1-27-22-7-3-5-19(13-22)24(17-9-10-17)15-21(26)16-25(18-11-12-18)20-6-4-8-23(14-20)28-2/h3-8,13-14,17-18,24-25H,9-12,15-16H2,1-2H3/t24-,25-/m1/s1. The minimum Gasteiger partial charge on any atom is -0.497 e. The van der Waals surface area contributed by atoms with Crippen molar-refractivity contribution in [1.29, 1.82) is 0 Å². The molecule has 2 aromatic rings. The molecule has 0 heterocycles. The van der Waals surface area contributed by atoms with Gasteiger partial charge in [0.25, 0.3) is 0 Å². The molecule has 2 saturated carbocycles. The summed E-state index contributed by atoms with van der Waals surface area (Å²) >= 11 is 0. The molecule has 0 aliphatic heterocycles. The number of ether oxygens (including phenoxy) is 2. The van der Waals surface area contributed by atoms with Crippen molar-refractivity contribution >= 4 is 5.78 Å². The van der Waals surface area contributed by atoms with Crippen molar-refractivity contribution in [3.05, 3.63) is 59.7 Å². The van der Waals surface area contributed by atoms with Gasteiger partial charge in [-0.15, -0.1) is 0 Å². The van der Waals surface area contributed by atoms with Gasteiger partial charge in [0.2, 0.25) is 0 Å². The molecule has 0 spiro atoms. The van der Waals surface area contributed by atoms with E-state index in [1.165, 1.54) is 36.8 Å². The topological polar surface area (TPSA) is 35.5 Å². The van der Waals surface area contributed by atoms with Crippen LogP contribution in [-0.4, -0.2) is 20.0 Å². The molecule has 28 heavy (non-hydrogen) atoms. The van der Waals surface area contributed by atoms with Gasteiger partial charge in [0, 0.05) is 12.8 Å². The Labute approximate surface area is 168 Å². The molecule has 2 fully saturated rings. The van der Waals surface area contributed by atoms with Crippen LogP contribution in [0.3, 0.4) is 0 Å². The summed E-state index contributed by atoms with van der Waals surface area (Å²) < 4.78 is 10.8. The predicted octanol–water partition coefficient (Wildman–Crippen LogP) is 5.74. The average molecular weight is 379 g/mol. The molecule has 0 saturated heterocycles. The van der Waals surface area contributed by atoms with Crippen LogP contribution in [0.4, 0.5) is 0 Å². The Kier molecular flexibility index (Phi) is 5.70. The van der Waals surface area contributed by atoms with E-state index in [0.29, 0.717) is 42.3 Å². The third kappa shape index (κ3) is 4.57. The third-order valence-electron chi connectivity index (χ3n) is 6.32. The van der Waals surface area contributed by atoms with Gasteiger partial charge < -0.3 is 9.47 Å². The minimum absolute atomic E-state index is 0.327.